The Hall–Kier alpha value is -1.07. The number of halogens is 3. The van der Waals surface area contributed by atoms with Crippen molar-refractivity contribution in [1.29, 1.82) is 0 Å². The van der Waals surface area contributed by atoms with Crippen molar-refractivity contribution in [3.8, 4) is 0 Å². The van der Waals surface area contributed by atoms with Crippen LogP contribution in [0.2, 0.25) is 0 Å². The van der Waals surface area contributed by atoms with Crippen LogP contribution in [0.4, 0.5) is 14.5 Å². The van der Waals surface area contributed by atoms with Crippen LogP contribution in [0.25, 0.3) is 0 Å². The number of nitrogens with one attached hydrogen (secondary N) is 1. The maximum absolute atomic E-state index is 13.7. The summed E-state index contributed by atoms with van der Waals surface area (Å²) in [7, 11) is 0. The van der Waals surface area contributed by atoms with E-state index in [1.165, 1.54) is 22.6 Å². The third-order valence-corrected chi connectivity index (χ3v) is 5.04. The van der Waals surface area contributed by atoms with Gasteiger partial charge < -0.3 is 5.32 Å². The normalized spacial score (nSPS) is 17.1. The fourth-order valence-electron chi connectivity index (χ4n) is 2.33. The van der Waals surface area contributed by atoms with E-state index >= 15 is 0 Å². The number of hydrogen-bond donors (Lipinski definition) is 1. The topological polar surface area (TPSA) is 12.0 Å². The van der Waals surface area contributed by atoms with E-state index in [2.05, 4.69) is 33.4 Å². The molecule has 0 fully saturated rings. The van der Waals surface area contributed by atoms with Crippen molar-refractivity contribution in [1.82, 2.24) is 0 Å². The van der Waals surface area contributed by atoms with Crippen LogP contribution in [-0.4, -0.2) is 12.3 Å². The van der Waals surface area contributed by atoms with Crippen molar-refractivity contribution in [2.24, 2.45) is 0 Å². The molecule has 1 heterocycles. The summed E-state index contributed by atoms with van der Waals surface area (Å²) in [5, 5.41) is 2.91. The van der Waals surface area contributed by atoms with Gasteiger partial charge in [0, 0.05) is 27.6 Å². The summed E-state index contributed by atoms with van der Waals surface area (Å²) in [5.41, 5.74) is 1.20. The molecule has 0 saturated carbocycles. The number of anilines is 1. The molecule has 1 N–H and O–H groups in total. The summed E-state index contributed by atoms with van der Waals surface area (Å²) in [6, 6.07) is 10.7. The fraction of sp³-hybridized carbons (Fsp3) is 0.200. The van der Waals surface area contributed by atoms with E-state index in [1.807, 2.05) is 12.1 Å². The molecule has 0 aromatic heterocycles. The van der Waals surface area contributed by atoms with Gasteiger partial charge >= 0.3 is 0 Å². The maximum atomic E-state index is 13.7. The first kappa shape index (κ1) is 13.9. The van der Waals surface area contributed by atoms with E-state index in [9.17, 15) is 8.78 Å². The van der Waals surface area contributed by atoms with Gasteiger partial charge in [0.25, 0.3) is 0 Å². The summed E-state index contributed by atoms with van der Waals surface area (Å²) < 4.78 is 27.9. The molecule has 1 aliphatic heterocycles. The second-order valence-electron chi connectivity index (χ2n) is 4.67. The maximum Gasteiger partial charge on any atom is 0.150 e. The number of benzene rings is 2. The molecule has 5 heteroatoms. The average molecular weight is 356 g/mol. The fourth-order valence-corrected chi connectivity index (χ4v) is 3.99. The van der Waals surface area contributed by atoms with E-state index in [4.69, 9.17) is 0 Å². The number of fused-ring (bicyclic) bond motifs is 1. The highest BCUT2D eigenvalue weighted by atomic mass is 79.9. The second-order valence-corrected chi connectivity index (χ2v) is 6.65. The molecule has 0 spiro atoms. The van der Waals surface area contributed by atoms with Crippen molar-refractivity contribution in [3.63, 3.8) is 0 Å². The molecule has 1 nitrogen and oxygen atoms in total. The van der Waals surface area contributed by atoms with Gasteiger partial charge in [-0.2, -0.15) is 0 Å². The van der Waals surface area contributed by atoms with E-state index in [0.29, 0.717) is 11.0 Å². The summed E-state index contributed by atoms with van der Waals surface area (Å²) in [6.45, 7) is 0.527. The Bertz CT molecular complexity index is 625. The average Bonchev–Trinajstić information content (AvgIpc) is 2.81. The Morgan fingerprint density at radius 1 is 1.20 bits per heavy atom. The van der Waals surface area contributed by atoms with Crippen LogP contribution in [-0.2, 0) is 0 Å². The molecule has 2 aromatic rings. The Morgan fingerprint density at radius 2 is 1.90 bits per heavy atom. The van der Waals surface area contributed by atoms with Crippen LogP contribution in [0, 0.1) is 11.6 Å². The van der Waals surface area contributed by atoms with Crippen LogP contribution in [0.5, 0.6) is 0 Å². The van der Waals surface area contributed by atoms with Crippen molar-refractivity contribution >= 4 is 33.4 Å². The molecule has 0 radical (unpaired) electrons. The molecule has 1 aliphatic rings. The van der Waals surface area contributed by atoms with E-state index in [1.54, 1.807) is 11.8 Å². The van der Waals surface area contributed by atoms with Gasteiger partial charge in [-0.05, 0) is 23.8 Å². The van der Waals surface area contributed by atoms with Crippen LogP contribution >= 0.6 is 27.7 Å². The smallest absolute Gasteiger partial charge is 0.150 e. The monoisotopic (exact) mass is 355 g/mol. The van der Waals surface area contributed by atoms with Gasteiger partial charge in [0.2, 0.25) is 0 Å². The number of rotatable bonds is 3. The highest BCUT2D eigenvalue weighted by Gasteiger charge is 2.23. The van der Waals surface area contributed by atoms with Gasteiger partial charge in [0.05, 0.1) is 0 Å². The minimum absolute atomic E-state index is 0.0532. The zero-order chi connectivity index (χ0) is 14.1. The van der Waals surface area contributed by atoms with Crippen molar-refractivity contribution in [2.75, 3.05) is 17.6 Å². The van der Waals surface area contributed by atoms with Gasteiger partial charge in [-0.15, -0.1) is 11.8 Å². The standard InChI is InChI=1S/C15H12BrF2NS/c16-10-5-12(17)15(13(18)6-10)19-7-9-8-20-14-4-2-1-3-11(9)14/h1-6,9,19H,7-8H2. The summed E-state index contributed by atoms with van der Waals surface area (Å²) >= 11 is 4.86. The quantitative estimate of drug-likeness (QED) is 0.828. The third-order valence-electron chi connectivity index (χ3n) is 3.33. The van der Waals surface area contributed by atoms with Gasteiger partial charge in [-0.1, -0.05) is 34.1 Å². The molecule has 2 aromatic carbocycles. The molecule has 0 amide bonds. The first-order valence-electron chi connectivity index (χ1n) is 6.25. The lowest BCUT2D eigenvalue weighted by Gasteiger charge is -2.14. The molecule has 1 atom stereocenters. The summed E-state index contributed by atoms with van der Waals surface area (Å²) in [6.07, 6.45) is 0. The van der Waals surface area contributed by atoms with Gasteiger partial charge in [0.1, 0.15) is 17.3 Å². The molecule has 1 unspecified atom stereocenters. The molecular weight excluding hydrogens is 344 g/mol. The largest absolute Gasteiger partial charge is 0.380 e. The van der Waals surface area contributed by atoms with Gasteiger partial charge in [-0.3, -0.25) is 0 Å². The van der Waals surface area contributed by atoms with Crippen LogP contribution in [0.3, 0.4) is 0 Å². The Balaban J connectivity index is 1.76. The molecule has 3 rings (SSSR count). The Kier molecular flexibility index (Phi) is 3.98. The lowest BCUT2D eigenvalue weighted by molar-refractivity contribution is 0.585. The molecule has 20 heavy (non-hydrogen) atoms. The second kappa shape index (κ2) is 5.74. The lowest BCUT2D eigenvalue weighted by Crippen LogP contribution is -2.14. The summed E-state index contributed by atoms with van der Waals surface area (Å²) in [5.74, 6) is 0.0665. The van der Waals surface area contributed by atoms with E-state index < -0.39 is 11.6 Å². The van der Waals surface area contributed by atoms with Crippen LogP contribution in [0.1, 0.15) is 11.5 Å². The van der Waals surface area contributed by atoms with Crippen molar-refractivity contribution < 1.29 is 8.78 Å². The molecule has 0 aliphatic carbocycles. The SMILES string of the molecule is Fc1cc(Br)cc(F)c1NCC1CSc2ccccc21. The first-order chi connectivity index (χ1) is 9.65. The van der Waals surface area contributed by atoms with Crippen LogP contribution in [0.15, 0.2) is 45.8 Å². The summed E-state index contributed by atoms with van der Waals surface area (Å²) in [4.78, 5) is 1.26. The lowest BCUT2D eigenvalue weighted by atomic mass is 10.0. The van der Waals surface area contributed by atoms with E-state index in [0.717, 1.165) is 5.75 Å². The molecule has 104 valence electrons. The van der Waals surface area contributed by atoms with Crippen molar-refractivity contribution in [3.05, 3.63) is 58.1 Å². The Labute approximate surface area is 128 Å². The zero-order valence-corrected chi connectivity index (χ0v) is 12.9. The highest BCUT2D eigenvalue weighted by molar-refractivity contribution is 9.10. The van der Waals surface area contributed by atoms with Gasteiger partial charge in [-0.25, -0.2) is 8.78 Å². The first-order valence-corrected chi connectivity index (χ1v) is 8.03. The zero-order valence-electron chi connectivity index (χ0n) is 10.5. The molecule has 0 saturated heterocycles. The van der Waals surface area contributed by atoms with Crippen molar-refractivity contribution in [2.45, 2.75) is 10.8 Å². The highest BCUT2D eigenvalue weighted by Crippen LogP contribution is 2.39. The predicted octanol–water partition coefficient (Wildman–Crippen LogP) is 5.03. The molecule has 0 bridgehead atoms. The van der Waals surface area contributed by atoms with E-state index in [-0.39, 0.29) is 11.6 Å². The minimum atomic E-state index is -0.573. The third kappa shape index (κ3) is 2.69. The number of hydrogen-bond acceptors (Lipinski definition) is 2. The van der Waals surface area contributed by atoms with Crippen LogP contribution < -0.4 is 5.32 Å². The van der Waals surface area contributed by atoms with Gasteiger partial charge in [0.15, 0.2) is 0 Å². The predicted molar refractivity (Wildman–Crippen MR) is 82.5 cm³/mol. The Morgan fingerprint density at radius 3 is 2.65 bits per heavy atom. The number of thioether (sulfide) groups is 1. The molecular formula is C15H12BrF2NS. The minimum Gasteiger partial charge on any atom is -0.380 e.